The molecule has 0 aromatic heterocycles. The van der Waals surface area contributed by atoms with Gasteiger partial charge in [0.05, 0.1) is 28.1 Å². The number of halogens is 1. The van der Waals surface area contributed by atoms with Gasteiger partial charge in [-0.25, -0.2) is 0 Å². The minimum absolute atomic E-state index is 0.0510. The van der Waals surface area contributed by atoms with Gasteiger partial charge < -0.3 is 5.32 Å². The predicted octanol–water partition coefficient (Wildman–Crippen LogP) is 4.06. The molecule has 0 amide bonds. The second-order valence-corrected chi connectivity index (χ2v) is 4.49. The molecule has 0 radical (unpaired) electrons. The molecule has 0 atom stereocenters. The van der Waals surface area contributed by atoms with Gasteiger partial charge in [-0.3, -0.25) is 10.1 Å². The summed E-state index contributed by atoms with van der Waals surface area (Å²) in [5.41, 5.74) is 2.26. The zero-order valence-corrected chi connectivity index (χ0v) is 11.1. The van der Waals surface area contributed by atoms with Crippen molar-refractivity contribution in [2.24, 2.45) is 0 Å². The van der Waals surface area contributed by atoms with E-state index >= 15 is 0 Å². The monoisotopic (exact) mass is 287 g/mol. The summed E-state index contributed by atoms with van der Waals surface area (Å²) in [6, 6.07) is 13.6. The lowest BCUT2D eigenvalue weighted by molar-refractivity contribution is -0.384. The lowest BCUT2D eigenvalue weighted by Crippen LogP contribution is -1.93. The molecule has 0 aliphatic heterocycles. The number of anilines is 2. The molecule has 0 saturated carbocycles. The molecule has 0 aliphatic carbocycles. The van der Waals surface area contributed by atoms with Crippen molar-refractivity contribution in [3.63, 3.8) is 0 Å². The number of nitro benzene ring substituents is 1. The van der Waals surface area contributed by atoms with E-state index in [9.17, 15) is 10.1 Å². The van der Waals surface area contributed by atoms with Gasteiger partial charge in [0.2, 0.25) is 0 Å². The summed E-state index contributed by atoms with van der Waals surface area (Å²) in [5.74, 6) is 0. The van der Waals surface area contributed by atoms with Gasteiger partial charge in [-0.05, 0) is 23.8 Å². The fraction of sp³-hybridized carbons (Fsp3) is 0.0714. The smallest absolute Gasteiger partial charge is 0.271 e. The molecule has 0 heterocycles. The number of non-ortho nitro benzene ring substituents is 1. The second-order valence-electron chi connectivity index (χ2n) is 4.08. The summed E-state index contributed by atoms with van der Waals surface area (Å²) in [6.07, 6.45) is 0.360. The van der Waals surface area contributed by atoms with Gasteiger partial charge in [-0.2, -0.15) is 5.26 Å². The van der Waals surface area contributed by atoms with Crippen LogP contribution in [-0.2, 0) is 6.42 Å². The molecular weight excluding hydrogens is 278 g/mol. The second kappa shape index (κ2) is 6.04. The number of hydrogen-bond acceptors (Lipinski definition) is 4. The van der Waals surface area contributed by atoms with Crippen LogP contribution in [0.3, 0.4) is 0 Å². The van der Waals surface area contributed by atoms with E-state index in [0.29, 0.717) is 12.1 Å². The van der Waals surface area contributed by atoms with Crippen LogP contribution in [0.25, 0.3) is 0 Å². The van der Waals surface area contributed by atoms with Crippen molar-refractivity contribution < 1.29 is 4.92 Å². The quantitative estimate of drug-likeness (QED) is 0.679. The minimum atomic E-state index is -0.494. The fourth-order valence-electron chi connectivity index (χ4n) is 1.67. The summed E-state index contributed by atoms with van der Waals surface area (Å²) in [4.78, 5) is 10.1. The predicted molar refractivity (Wildman–Crippen MR) is 77.1 cm³/mol. The zero-order valence-electron chi connectivity index (χ0n) is 10.3. The lowest BCUT2D eigenvalue weighted by atomic mass is 10.1. The summed E-state index contributed by atoms with van der Waals surface area (Å²) in [7, 11) is 0. The average Bonchev–Trinajstić information content (AvgIpc) is 2.43. The topological polar surface area (TPSA) is 79.0 Å². The van der Waals surface area contributed by atoms with Crippen LogP contribution < -0.4 is 5.32 Å². The SMILES string of the molecule is N#CCc1ccc(Nc2ccc([N+](=O)[O-])cc2Cl)cc1. The first-order chi connectivity index (χ1) is 9.60. The van der Waals surface area contributed by atoms with E-state index in [0.717, 1.165) is 11.3 Å². The fourth-order valence-corrected chi connectivity index (χ4v) is 1.89. The van der Waals surface area contributed by atoms with Crippen LogP contribution in [0.2, 0.25) is 5.02 Å². The molecule has 5 nitrogen and oxygen atoms in total. The first-order valence-electron chi connectivity index (χ1n) is 5.77. The van der Waals surface area contributed by atoms with E-state index in [1.54, 1.807) is 6.07 Å². The van der Waals surface area contributed by atoms with Crippen LogP contribution in [0.5, 0.6) is 0 Å². The van der Waals surface area contributed by atoms with Crippen LogP contribution in [-0.4, -0.2) is 4.92 Å². The molecule has 0 fully saturated rings. The van der Waals surface area contributed by atoms with E-state index in [1.807, 2.05) is 24.3 Å². The van der Waals surface area contributed by atoms with Crippen molar-refractivity contribution >= 4 is 28.7 Å². The third-order valence-corrected chi connectivity index (χ3v) is 2.99. The number of nitriles is 1. The maximum Gasteiger partial charge on any atom is 0.271 e. The molecule has 0 spiro atoms. The molecule has 0 aliphatic rings. The highest BCUT2D eigenvalue weighted by Gasteiger charge is 2.09. The standard InChI is InChI=1S/C14H10ClN3O2/c15-13-9-12(18(19)20)5-6-14(13)17-11-3-1-10(2-4-11)7-8-16/h1-6,9,17H,7H2. The molecular formula is C14H10ClN3O2. The number of hydrogen-bond donors (Lipinski definition) is 1. The van der Waals surface area contributed by atoms with Crippen LogP contribution in [0.4, 0.5) is 17.1 Å². The van der Waals surface area contributed by atoms with Crippen molar-refractivity contribution in [2.45, 2.75) is 6.42 Å². The molecule has 0 saturated heterocycles. The third kappa shape index (κ3) is 3.25. The van der Waals surface area contributed by atoms with Crippen LogP contribution in [0.1, 0.15) is 5.56 Å². The molecule has 2 aromatic carbocycles. The zero-order chi connectivity index (χ0) is 14.5. The Morgan fingerprint density at radius 3 is 2.50 bits per heavy atom. The van der Waals surface area contributed by atoms with E-state index in [2.05, 4.69) is 11.4 Å². The van der Waals surface area contributed by atoms with Gasteiger partial charge in [0.1, 0.15) is 0 Å². The van der Waals surface area contributed by atoms with Crippen molar-refractivity contribution in [3.05, 3.63) is 63.2 Å². The number of nitro groups is 1. The van der Waals surface area contributed by atoms with Gasteiger partial charge in [-0.1, -0.05) is 23.7 Å². The van der Waals surface area contributed by atoms with E-state index in [-0.39, 0.29) is 10.7 Å². The normalized spacial score (nSPS) is 9.80. The first kappa shape index (κ1) is 13.8. The Morgan fingerprint density at radius 2 is 1.95 bits per heavy atom. The molecule has 6 heteroatoms. The lowest BCUT2D eigenvalue weighted by Gasteiger charge is -2.08. The molecule has 2 aromatic rings. The maximum absolute atomic E-state index is 10.6. The van der Waals surface area contributed by atoms with Crippen molar-refractivity contribution in [3.8, 4) is 6.07 Å². The molecule has 0 unspecified atom stereocenters. The summed E-state index contributed by atoms with van der Waals surface area (Å²) in [5, 5.41) is 22.6. The minimum Gasteiger partial charge on any atom is -0.354 e. The van der Waals surface area contributed by atoms with Crippen LogP contribution in [0.15, 0.2) is 42.5 Å². The van der Waals surface area contributed by atoms with E-state index < -0.39 is 4.92 Å². The summed E-state index contributed by atoms with van der Waals surface area (Å²) in [6.45, 7) is 0. The summed E-state index contributed by atoms with van der Waals surface area (Å²) < 4.78 is 0. The Bertz CT molecular complexity index is 678. The van der Waals surface area contributed by atoms with E-state index in [4.69, 9.17) is 16.9 Å². The van der Waals surface area contributed by atoms with Crippen molar-refractivity contribution in [1.82, 2.24) is 0 Å². The van der Waals surface area contributed by atoms with Crippen LogP contribution in [0, 0.1) is 21.4 Å². The molecule has 1 N–H and O–H groups in total. The number of rotatable bonds is 4. The number of nitrogens with one attached hydrogen (secondary N) is 1. The highest BCUT2D eigenvalue weighted by Crippen LogP contribution is 2.29. The maximum atomic E-state index is 10.6. The third-order valence-electron chi connectivity index (χ3n) is 2.68. The molecule has 20 heavy (non-hydrogen) atoms. The molecule has 100 valence electrons. The first-order valence-corrected chi connectivity index (χ1v) is 6.15. The Morgan fingerprint density at radius 1 is 1.25 bits per heavy atom. The molecule has 2 rings (SSSR count). The van der Waals surface area contributed by atoms with Crippen molar-refractivity contribution in [1.29, 1.82) is 5.26 Å². The highest BCUT2D eigenvalue weighted by molar-refractivity contribution is 6.33. The van der Waals surface area contributed by atoms with Crippen LogP contribution >= 0.6 is 11.6 Å². The Labute approximate surface area is 120 Å². The van der Waals surface area contributed by atoms with Gasteiger partial charge in [0, 0.05) is 17.8 Å². The Kier molecular flexibility index (Phi) is 4.18. The Hall–Kier alpha value is -2.58. The van der Waals surface area contributed by atoms with Crippen molar-refractivity contribution in [2.75, 3.05) is 5.32 Å². The van der Waals surface area contributed by atoms with Gasteiger partial charge in [0.15, 0.2) is 0 Å². The van der Waals surface area contributed by atoms with E-state index in [1.165, 1.54) is 12.1 Å². The molecule has 0 bridgehead atoms. The number of benzene rings is 2. The van der Waals surface area contributed by atoms with Gasteiger partial charge in [-0.15, -0.1) is 0 Å². The largest absolute Gasteiger partial charge is 0.354 e. The van der Waals surface area contributed by atoms with Gasteiger partial charge >= 0.3 is 0 Å². The van der Waals surface area contributed by atoms with Gasteiger partial charge in [0.25, 0.3) is 5.69 Å². The Balaban J connectivity index is 2.17. The summed E-state index contributed by atoms with van der Waals surface area (Å²) >= 11 is 5.99. The highest BCUT2D eigenvalue weighted by atomic mass is 35.5. The number of nitrogens with zero attached hydrogens (tertiary/aromatic N) is 2. The average molecular weight is 288 g/mol.